The largest absolute Gasteiger partial charge is 0.143 e. The zero-order valence-electron chi connectivity index (χ0n) is 7.20. The molecule has 0 aromatic rings. The maximum atomic E-state index is 3.81. The van der Waals surface area contributed by atoms with Gasteiger partial charge in [0.25, 0.3) is 0 Å². The van der Waals surface area contributed by atoms with Crippen LogP contribution in [0.5, 0.6) is 0 Å². The summed E-state index contributed by atoms with van der Waals surface area (Å²) in [6.45, 7) is 8.13. The van der Waals surface area contributed by atoms with Crippen molar-refractivity contribution in [2.24, 2.45) is 5.41 Å². The van der Waals surface area contributed by atoms with E-state index in [1.54, 1.807) is 0 Å². The lowest BCUT2D eigenvalue weighted by molar-refractivity contribution is 0.478. The monoisotopic (exact) mass is 152 g/mol. The lowest BCUT2D eigenvalue weighted by Gasteiger charge is -2.19. The molecule has 0 saturated heterocycles. The second-order valence-corrected chi connectivity index (χ2v) is 2.94. The number of hydrogen-bond donors (Lipinski definition) is 0. The Kier molecular flexibility index (Phi) is 4.14. The van der Waals surface area contributed by atoms with Crippen LogP contribution in [-0.2, 0) is 0 Å². The SMILES string of the molecule is C=CC(C#C[SiH3])(CC)CC. The maximum Gasteiger partial charge on any atom is 0.0906 e. The first-order valence-corrected chi connectivity index (χ1v) is 4.82. The van der Waals surface area contributed by atoms with Gasteiger partial charge >= 0.3 is 0 Å². The van der Waals surface area contributed by atoms with Crippen LogP contribution in [0.2, 0.25) is 0 Å². The van der Waals surface area contributed by atoms with Crippen LogP contribution in [0, 0.1) is 16.9 Å². The van der Waals surface area contributed by atoms with Gasteiger partial charge in [-0.1, -0.05) is 19.9 Å². The van der Waals surface area contributed by atoms with Gasteiger partial charge in [-0.3, -0.25) is 0 Å². The van der Waals surface area contributed by atoms with Crippen LogP contribution in [0.25, 0.3) is 0 Å². The molecule has 0 aromatic carbocycles. The molecule has 0 aliphatic carbocycles. The third-order valence-electron chi connectivity index (χ3n) is 2.03. The van der Waals surface area contributed by atoms with E-state index in [9.17, 15) is 0 Å². The van der Waals surface area contributed by atoms with Gasteiger partial charge in [0, 0.05) is 5.41 Å². The fourth-order valence-electron chi connectivity index (χ4n) is 1.02. The molecule has 0 aromatic heterocycles. The Labute approximate surface area is 67.1 Å². The van der Waals surface area contributed by atoms with Crippen LogP contribution in [0.4, 0.5) is 0 Å². The zero-order chi connectivity index (χ0) is 8.04. The van der Waals surface area contributed by atoms with E-state index >= 15 is 0 Å². The summed E-state index contributed by atoms with van der Waals surface area (Å²) in [4.78, 5) is 0. The standard InChI is InChI=1S/C9H16Si/c1-4-9(5-2,6-3)7-8-10/h4H,1,5-6H2,2-3,10H3. The highest BCUT2D eigenvalue weighted by molar-refractivity contribution is 6.22. The predicted molar refractivity (Wildman–Crippen MR) is 50.9 cm³/mol. The molecule has 0 aliphatic heterocycles. The van der Waals surface area contributed by atoms with Crippen LogP contribution < -0.4 is 0 Å². The van der Waals surface area contributed by atoms with Crippen LogP contribution in [0.3, 0.4) is 0 Å². The molecule has 0 spiro atoms. The van der Waals surface area contributed by atoms with Gasteiger partial charge < -0.3 is 0 Å². The van der Waals surface area contributed by atoms with Gasteiger partial charge in [-0.15, -0.1) is 18.0 Å². The molecule has 0 unspecified atom stereocenters. The third kappa shape index (κ3) is 2.04. The average Bonchev–Trinajstić information content (AvgIpc) is 2.01. The molecule has 1 heteroatoms. The normalized spacial score (nSPS) is 10.2. The highest BCUT2D eigenvalue weighted by Crippen LogP contribution is 2.25. The third-order valence-corrected chi connectivity index (χ3v) is 2.28. The number of rotatable bonds is 3. The highest BCUT2D eigenvalue weighted by Gasteiger charge is 2.17. The van der Waals surface area contributed by atoms with E-state index in [0.717, 1.165) is 23.1 Å². The van der Waals surface area contributed by atoms with Crippen LogP contribution in [-0.4, -0.2) is 10.2 Å². The quantitative estimate of drug-likeness (QED) is 0.325. The van der Waals surface area contributed by atoms with Gasteiger partial charge in [-0.2, -0.15) is 0 Å². The summed E-state index contributed by atoms with van der Waals surface area (Å²) in [6.07, 6.45) is 4.16. The zero-order valence-corrected chi connectivity index (χ0v) is 9.20. The summed E-state index contributed by atoms with van der Waals surface area (Å²) >= 11 is 0. The fourth-order valence-corrected chi connectivity index (χ4v) is 1.51. The van der Waals surface area contributed by atoms with Crippen molar-refractivity contribution in [3.8, 4) is 11.5 Å². The second-order valence-electron chi connectivity index (χ2n) is 2.44. The molecule has 0 fully saturated rings. The van der Waals surface area contributed by atoms with Crippen LogP contribution >= 0.6 is 0 Å². The van der Waals surface area contributed by atoms with E-state index in [0.29, 0.717) is 0 Å². The summed E-state index contributed by atoms with van der Waals surface area (Å²) in [7, 11) is 0.975. The molecule has 0 radical (unpaired) electrons. The summed E-state index contributed by atoms with van der Waals surface area (Å²) in [5.41, 5.74) is 3.19. The Bertz CT molecular complexity index is 155. The lowest BCUT2D eigenvalue weighted by Crippen LogP contribution is -2.11. The van der Waals surface area contributed by atoms with Gasteiger partial charge in [0.1, 0.15) is 0 Å². The Hall–Kier alpha value is -0.483. The van der Waals surface area contributed by atoms with Gasteiger partial charge in [0.05, 0.1) is 10.2 Å². The first kappa shape index (κ1) is 9.52. The molecule has 0 bridgehead atoms. The smallest absolute Gasteiger partial charge is 0.0906 e. The Morgan fingerprint density at radius 2 is 2.00 bits per heavy atom. The van der Waals surface area contributed by atoms with Gasteiger partial charge in [-0.05, 0) is 12.8 Å². The Morgan fingerprint density at radius 3 is 2.10 bits per heavy atom. The first-order chi connectivity index (χ1) is 4.74. The second kappa shape index (κ2) is 4.35. The average molecular weight is 152 g/mol. The van der Waals surface area contributed by atoms with Gasteiger partial charge in [-0.25, -0.2) is 0 Å². The molecule has 0 nitrogen and oxygen atoms in total. The molecular formula is C9H16Si. The van der Waals surface area contributed by atoms with E-state index in [-0.39, 0.29) is 5.41 Å². The van der Waals surface area contributed by atoms with E-state index in [2.05, 4.69) is 31.9 Å². The summed E-state index contributed by atoms with van der Waals surface area (Å²) in [6, 6.07) is 0. The Balaban J connectivity index is 4.40. The molecule has 10 heavy (non-hydrogen) atoms. The molecule has 0 amide bonds. The molecule has 0 heterocycles. The highest BCUT2D eigenvalue weighted by atomic mass is 28.1. The van der Waals surface area contributed by atoms with Crippen molar-refractivity contribution in [3.05, 3.63) is 12.7 Å². The maximum absolute atomic E-state index is 3.81. The minimum atomic E-state index is 0.113. The molecule has 0 rings (SSSR count). The predicted octanol–water partition coefficient (Wildman–Crippen LogP) is 1.31. The van der Waals surface area contributed by atoms with Crippen molar-refractivity contribution in [2.45, 2.75) is 26.7 Å². The minimum Gasteiger partial charge on any atom is -0.143 e. The molecule has 0 atom stereocenters. The first-order valence-electron chi connectivity index (χ1n) is 3.82. The van der Waals surface area contributed by atoms with Crippen molar-refractivity contribution in [2.75, 3.05) is 0 Å². The number of hydrogen-bond acceptors (Lipinski definition) is 0. The summed E-state index contributed by atoms with van der Waals surface area (Å²) in [5.74, 6) is 3.24. The van der Waals surface area contributed by atoms with Crippen molar-refractivity contribution in [3.63, 3.8) is 0 Å². The molecular weight excluding hydrogens is 136 g/mol. The van der Waals surface area contributed by atoms with Crippen molar-refractivity contribution in [1.29, 1.82) is 0 Å². The Morgan fingerprint density at radius 1 is 1.50 bits per heavy atom. The van der Waals surface area contributed by atoms with Crippen LogP contribution in [0.1, 0.15) is 26.7 Å². The molecule has 0 saturated carbocycles. The minimum absolute atomic E-state index is 0.113. The molecule has 56 valence electrons. The summed E-state index contributed by atoms with van der Waals surface area (Å²) in [5, 5.41) is 0. The van der Waals surface area contributed by atoms with E-state index in [4.69, 9.17) is 0 Å². The van der Waals surface area contributed by atoms with E-state index in [1.807, 2.05) is 6.08 Å². The van der Waals surface area contributed by atoms with Crippen LogP contribution in [0.15, 0.2) is 12.7 Å². The topological polar surface area (TPSA) is 0 Å². The van der Waals surface area contributed by atoms with Crippen molar-refractivity contribution >= 4 is 10.2 Å². The molecule has 0 aliphatic rings. The van der Waals surface area contributed by atoms with Crippen molar-refractivity contribution in [1.82, 2.24) is 0 Å². The van der Waals surface area contributed by atoms with Gasteiger partial charge in [0.15, 0.2) is 0 Å². The lowest BCUT2D eigenvalue weighted by atomic mass is 9.84. The van der Waals surface area contributed by atoms with E-state index < -0.39 is 0 Å². The summed E-state index contributed by atoms with van der Waals surface area (Å²) < 4.78 is 0. The fraction of sp³-hybridized carbons (Fsp3) is 0.556. The number of allylic oxidation sites excluding steroid dienone is 1. The van der Waals surface area contributed by atoms with Gasteiger partial charge in [0.2, 0.25) is 0 Å². The molecule has 0 N–H and O–H groups in total. The van der Waals surface area contributed by atoms with Crippen molar-refractivity contribution < 1.29 is 0 Å². The van der Waals surface area contributed by atoms with E-state index in [1.165, 1.54) is 0 Å².